The number of carbonyl (C=O) groups is 1. The quantitative estimate of drug-likeness (QED) is 0.789. The van der Waals surface area contributed by atoms with Crippen molar-refractivity contribution in [2.75, 3.05) is 32.7 Å². The number of hydrogen-bond donors (Lipinski definition) is 2. The number of carboxylic acids is 1. The van der Waals surface area contributed by atoms with Crippen molar-refractivity contribution in [3.63, 3.8) is 0 Å². The minimum atomic E-state index is -0.880. The van der Waals surface area contributed by atoms with Crippen molar-refractivity contribution >= 4 is 5.97 Å². The lowest BCUT2D eigenvalue weighted by atomic mass is 9.83. The van der Waals surface area contributed by atoms with Gasteiger partial charge < -0.3 is 10.2 Å². The number of benzene rings is 2. The van der Waals surface area contributed by atoms with E-state index in [2.05, 4.69) is 45.0 Å². The van der Waals surface area contributed by atoms with Gasteiger partial charge in [0.15, 0.2) is 0 Å². The third-order valence-electron chi connectivity index (χ3n) is 6.85. The molecular weight excluding hydrogens is 378 g/mol. The molecule has 3 saturated heterocycles. The van der Waals surface area contributed by atoms with Gasteiger partial charge in [-0.2, -0.15) is 0 Å². The molecule has 158 valence electrons. The van der Waals surface area contributed by atoms with Crippen LogP contribution in [0.5, 0.6) is 0 Å². The van der Waals surface area contributed by atoms with Crippen molar-refractivity contribution < 1.29 is 15.0 Å². The van der Waals surface area contributed by atoms with Crippen LogP contribution in [0.4, 0.5) is 0 Å². The Morgan fingerprint density at radius 2 is 1.63 bits per heavy atom. The predicted molar refractivity (Wildman–Crippen MR) is 114 cm³/mol. The molecule has 0 radical (unpaired) electrons. The Morgan fingerprint density at radius 3 is 2.40 bits per heavy atom. The fourth-order valence-corrected chi connectivity index (χ4v) is 5.72. The van der Waals surface area contributed by atoms with Gasteiger partial charge in [0.25, 0.3) is 0 Å². The Bertz CT molecular complexity index is 913. The number of aliphatic hydroxyl groups is 1. The summed E-state index contributed by atoms with van der Waals surface area (Å²) < 4.78 is 0. The number of fused-ring (bicyclic) bond motifs is 2. The number of aromatic carboxylic acids is 1. The molecule has 6 nitrogen and oxygen atoms in total. The molecule has 3 heterocycles. The summed E-state index contributed by atoms with van der Waals surface area (Å²) in [5.74, 6) is -0.880. The van der Waals surface area contributed by atoms with E-state index in [9.17, 15) is 15.0 Å². The van der Waals surface area contributed by atoms with Crippen LogP contribution in [0, 0.1) is 0 Å². The van der Waals surface area contributed by atoms with Crippen molar-refractivity contribution in [2.45, 2.75) is 37.2 Å². The van der Waals surface area contributed by atoms with Crippen molar-refractivity contribution in [3.05, 3.63) is 71.3 Å². The second-order valence-electron chi connectivity index (χ2n) is 9.23. The summed E-state index contributed by atoms with van der Waals surface area (Å²) in [6, 6.07) is 18.3. The third kappa shape index (κ3) is 3.76. The number of carboxylic acid groups (broad SMARTS) is 1. The van der Waals surface area contributed by atoms with Gasteiger partial charge in [0.05, 0.1) is 17.2 Å². The molecule has 0 aromatic heterocycles. The highest BCUT2D eigenvalue weighted by Gasteiger charge is 2.55. The molecule has 2 aromatic carbocycles. The van der Waals surface area contributed by atoms with Crippen LogP contribution in [0.2, 0.25) is 0 Å². The van der Waals surface area contributed by atoms with Crippen molar-refractivity contribution in [1.29, 1.82) is 0 Å². The summed E-state index contributed by atoms with van der Waals surface area (Å²) in [5, 5.41) is 19.6. The largest absolute Gasteiger partial charge is 0.478 e. The summed E-state index contributed by atoms with van der Waals surface area (Å²) in [6.07, 6.45) is 0.623. The third-order valence-corrected chi connectivity index (χ3v) is 6.85. The van der Waals surface area contributed by atoms with Gasteiger partial charge in [-0.15, -0.1) is 0 Å². The summed E-state index contributed by atoms with van der Waals surface area (Å²) in [6.45, 7) is 6.42. The molecule has 3 aliphatic heterocycles. The van der Waals surface area contributed by atoms with E-state index < -0.39 is 5.97 Å². The summed E-state index contributed by atoms with van der Waals surface area (Å²) >= 11 is 0. The maximum Gasteiger partial charge on any atom is 0.335 e. The van der Waals surface area contributed by atoms with Crippen LogP contribution in [-0.4, -0.2) is 81.3 Å². The zero-order valence-electron chi connectivity index (χ0n) is 17.2. The van der Waals surface area contributed by atoms with Crippen molar-refractivity contribution in [2.24, 2.45) is 0 Å². The molecule has 30 heavy (non-hydrogen) atoms. The van der Waals surface area contributed by atoms with E-state index in [4.69, 9.17) is 0 Å². The summed E-state index contributed by atoms with van der Waals surface area (Å²) in [5.41, 5.74) is 2.80. The molecular formula is C24H29N3O3. The van der Waals surface area contributed by atoms with Gasteiger partial charge in [0.2, 0.25) is 0 Å². The van der Waals surface area contributed by atoms with Crippen molar-refractivity contribution in [1.82, 2.24) is 14.7 Å². The fraction of sp³-hybridized carbons (Fsp3) is 0.458. The summed E-state index contributed by atoms with van der Waals surface area (Å²) in [4.78, 5) is 18.8. The Kier molecular flexibility index (Phi) is 5.11. The van der Waals surface area contributed by atoms with Crippen LogP contribution in [0.3, 0.4) is 0 Å². The topological polar surface area (TPSA) is 67.2 Å². The average Bonchev–Trinajstić information content (AvgIpc) is 3.08. The van der Waals surface area contributed by atoms with E-state index in [1.54, 1.807) is 12.1 Å². The first-order valence-corrected chi connectivity index (χ1v) is 10.8. The van der Waals surface area contributed by atoms with E-state index in [1.165, 1.54) is 5.56 Å². The van der Waals surface area contributed by atoms with Gasteiger partial charge in [0, 0.05) is 51.9 Å². The molecule has 1 spiro atoms. The maximum absolute atomic E-state index is 11.3. The molecule has 2 N–H and O–H groups in total. The SMILES string of the molecule is O=C(O)c1cccc(CN2CC3(CN(Cc4ccccc4)CC4CC(O)CN43)C2)c1. The van der Waals surface area contributed by atoms with Crippen LogP contribution >= 0.6 is 0 Å². The molecule has 0 aliphatic carbocycles. The Balaban J connectivity index is 1.29. The Hall–Kier alpha value is -2.25. The minimum absolute atomic E-state index is 0.0829. The van der Waals surface area contributed by atoms with Crippen LogP contribution in [0.25, 0.3) is 0 Å². The molecule has 3 fully saturated rings. The first-order chi connectivity index (χ1) is 14.5. The van der Waals surface area contributed by atoms with E-state index >= 15 is 0 Å². The van der Waals surface area contributed by atoms with Gasteiger partial charge in [-0.1, -0.05) is 42.5 Å². The number of piperazine rings is 1. The standard InChI is InChI=1S/C24H29N3O3/c28-22-10-21-13-25(11-18-5-2-1-3-6-18)15-24(27(21)14-22)16-26(17-24)12-19-7-4-8-20(9-19)23(29)30/h1-9,21-22,28H,10-17H2,(H,29,30). The van der Waals surface area contributed by atoms with Gasteiger partial charge in [-0.25, -0.2) is 4.79 Å². The molecule has 0 bridgehead atoms. The highest BCUT2D eigenvalue weighted by molar-refractivity contribution is 5.87. The number of β-amino-alcohol motifs (C(OH)–C–C–N with tert-alkyl or cyclic N) is 1. The van der Waals surface area contributed by atoms with Crippen LogP contribution in [0.1, 0.15) is 27.9 Å². The molecule has 2 aromatic rings. The molecule has 2 unspecified atom stereocenters. The number of aliphatic hydroxyl groups excluding tert-OH is 1. The average molecular weight is 408 g/mol. The normalized spacial score (nSPS) is 26.4. The van der Waals surface area contributed by atoms with E-state index in [-0.39, 0.29) is 11.6 Å². The van der Waals surface area contributed by atoms with E-state index in [0.717, 1.165) is 57.8 Å². The molecule has 0 saturated carbocycles. The molecule has 5 rings (SSSR count). The lowest BCUT2D eigenvalue weighted by molar-refractivity contribution is -0.118. The van der Waals surface area contributed by atoms with E-state index in [0.29, 0.717) is 11.6 Å². The fourth-order valence-electron chi connectivity index (χ4n) is 5.72. The monoisotopic (exact) mass is 407 g/mol. The highest BCUT2D eigenvalue weighted by Crippen LogP contribution is 2.39. The number of nitrogens with zero attached hydrogens (tertiary/aromatic N) is 3. The molecule has 0 amide bonds. The number of likely N-dealkylation sites (tertiary alicyclic amines) is 1. The molecule has 2 atom stereocenters. The van der Waals surface area contributed by atoms with Gasteiger partial charge >= 0.3 is 5.97 Å². The lowest BCUT2D eigenvalue weighted by Crippen LogP contribution is -2.77. The van der Waals surface area contributed by atoms with Crippen molar-refractivity contribution in [3.8, 4) is 0 Å². The lowest BCUT2D eigenvalue weighted by Gasteiger charge is -2.61. The zero-order valence-corrected chi connectivity index (χ0v) is 17.2. The van der Waals surface area contributed by atoms with Gasteiger partial charge in [-0.3, -0.25) is 14.7 Å². The molecule has 6 heteroatoms. The first kappa shape index (κ1) is 19.7. The van der Waals surface area contributed by atoms with Gasteiger partial charge in [-0.05, 0) is 29.7 Å². The summed E-state index contributed by atoms with van der Waals surface area (Å²) in [7, 11) is 0. The maximum atomic E-state index is 11.3. The smallest absolute Gasteiger partial charge is 0.335 e. The minimum Gasteiger partial charge on any atom is -0.478 e. The molecule has 3 aliphatic rings. The van der Waals surface area contributed by atoms with E-state index in [1.807, 2.05) is 12.1 Å². The number of rotatable bonds is 5. The Morgan fingerprint density at radius 1 is 0.933 bits per heavy atom. The van der Waals surface area contributed by atoms with Crippen LogP contribution in [0.15, 0.2) is 54.6 Å². The second-order valence-corrected chi connectivity index (χ2v) is 9.23. The van der Waals surface area contributed by atoms with Crippen LogP contribution < -0.4 is 0 Å². The zero-order chi connectivity index (χ0) is 20.7. The predicted octanol–water partition coefficient (Wildman–Crippen LogP) is 1.89. The number of hydrogen-bond acceptors (Lipinski definition) is 5. The highest BCUT2D eigenvalue weighted by atomic mass is 16.4. The Labute approximate surface area is 177 Å². The van der Waals surface area contributed by atoms with Crippen LogP contribution in [-0.2, 0) is 13.1 Å². The first-order valence-electron chi connectivity index (χ1n) is 10.8. The van der Waals surface area contributed by atoms with Gasteiger partial charge in [0.1, 0.15) is 0 Å². The second kappa shape index (κ2) is 7.78.